The van der Waals surface area contributed by atoms with E-state index >= 15 is 0 Å². The number of benzene rings is 1. The summed E-state index contributed by atoms with van der Waals surface area (Å²) in [5, 5.41) is 4.11. The van der Waals surface area contributed by atoms with Crippen LogP contribution in [0.1, 0.15) is 17.8 Å². The number of hydrogen-bond donors (Lipinski definition) is 0. The summed E-state index contributed by atoms with van der Waals surface area (Å²) in [6.07, 6.45) is 2.14. The molecule has 4 heterocycles. The molecule has 200 valence electrons. The molecular weight excluding hydrogens is 507 g/mol. The SMILES string of the molecule is COc1nc(N2CC[C@@H](OC)C2)cc2c1c(=O)n(Cc1ncn(C)n1)c(=O)n2Cc1cc(F)c(F)c(F)c1. The zero-order valence-corrected chi connectivity index (χ0v) is 20.8. The molecule has 0 unspecified atom stereocenters. The second-order valence-electron chi connectivity index (χ2n) is 8.94. The van der Waals surface area contributed by atoms with Crippen LogP contribution in [0.5, 0.6) is 5.88 Å². The van der Waals surface area contributed by atoms with Gasteiger partial charge in [-0.25, -0.2) is 22.9 Å². The lowest BCUT2D eigenvalue weighted by molar-refractivity contribution is 0.121. The Hall–Kier alpha value is -4.20. The maximum atomic E-state index is 14.0. The molecule has 0 spiro atoms. The lowest BCUT2D eigenvalue weighted by Gasteiger charge is -2.21. The quantitative estimate of drug-likeness (QED) is 0.330. The normalized spacial score (nSPS) is 15.5. The van der Waals surface area contributed by atoms with Crippen LogP contribution in [0.2, 0.25) is 0 Å². The molecule has 0 N–H and O–H groups in total. The summed E-state index contributed by atoms with van der Waals surface area (Å²) in [7, 11) is 4.59. The van der Waals surface area contributed by atoms with Gasteiger partial charge in [0.15, 0.2) is 23.3 Å². The van der Waals surface area contributed by atoms with Gasteiger partial charge in [0.1, 0.15) is 17.5 Å². The zero-order chi connectivity index (χ0) is 27.1. The van der Waals surface area contributed by atoms with E-state index in [1.165, 1.54) is 22.7 Å². The number of anilines is 1. The van der Waals surface area contributed by atoms with E-state index in [1.807, 2.05) is 4.90 Å². The van der Waals surface area contributed by atoms with Crippen molar-refractivity contribution in [1.29, 1.82) is 0 Å². The number of aryl methyl sites for hydroxylation is 1. The Bertz CT molecular complexity index is 1630. The first-order valence-electron chi connectivity index (χ1n) is 11.7. The van der Waals surface area contributed by atoms with Gasteiger partial charge >= 0.3 is 5.69 Å². The fraction of sp³-hybridized carbons (Fsp3) is 0.375. The molecule has 3 aromatic heterocycles. The van der Waals surface area contributed by atoms with Crippen LogP contribution >= 0.6 is 0 Å². The number of pyridine rings is 1. The van der Waals surface area contributed by atoms with E-state index in [0.717, 1.165) is 23.1 Å². The number of rotatable bonds is 7. The predicted octanol–water partition coefficient (Wildman–Crippen LogP) is 1.43. The first-order chi connectivity index (χ1) is 18.2. The largest absolute Gasteiger partial charge is 0.480 e. The summed E-state index contributed by atoms with van der Waals surface area (Å²) in [5.41, 5.74) is -1.37. The third-order valence-electron chi connectivity index (χ3n) is 6.49. The zero-order valence-electron chi connectivity index (χ0n) is 20.8. The summed E-state index contributed by atoms with van der Waals surface area (Å²) in [5.74, 6) is -3.81. The summed E-state index contributed by atoms with van der Waals surface area (Å²) in [6.45, 7) is 0.500. The van der Waals surface area contributed by atoms with E-state index in [1.54, 1.807) is 20.2 Å². The molecule has 5 rings (SSSR count). The second-order valence-corrected chi connectivity index (χ2v) is 8.94. The average molecular weight is 531 g/mol. The lowest BCUT2D eigenvalue weighted by Crippen LogP contribution is -2.41. The Morgan fingerprint density at radius 3 is 2.39 bits per heavy atom. The minimum absolute atomic E-state index is 0.0164. The van der Waals surface area contributed by atoms with E-state index in [2.05, 4.69) is 15.1 Å². The Morgan fingerprint density at radius 2 is 1.79 bits per heavy atom. The molecule has 1 aromatic carbocycles. The van der Waals surface area contributed by atoms with Gasteiger partial charge in [-0.2, -0.15) is 10.1 Å². The van der Waals surface area contributed by atoms with E-state index in [9.17, 15) is 22.8 Å². The number of hydrogen-bond acceptors (Lipinski definition) is 8. The Kier molecular flexibility index (Phi) is 6.65. The van der Waals surface area contributed by atoms with Gasteiger partial charge in [-0.3, -0.25) is 18.6 Å². The van der Waals surface area contributed by atoms with Gasteiger partial charge in [-0.1, -0.05) is 0 Å². The molecule has 0 bridgehead atoms. The van der Waals surface area contributed by atoms with Crippen molar-refractivity contribution in [1.82, 2.24) is 28.9 Å². The summed E-state index contributed by atoms with van der Waals surface area (Å²) in [6, 6.07) is 3.16. The maximum absolute atomic E-state index is 14.0. The van der Waals surface area contributed by atoms with Crippen molar-refractivity contribution in [2.45, 2.75) is 25.6 Å². The van der Waals surface area contributed by atoms with Gasteiger partial charge in [0.05, 0.1) is 31.8 Å². The highest BCUT2D eigenvalue weighted by Gasteiger charge is 2.27. The van der Waals surface area contributed by atoms with Crippen molar-refractivity contribution in [2.75, 3.05) is 32.2 Å². The molecule has 1 aliphatic rings. The van der Waals surface area contributed by atoms with Crippen LogP contribution in [0, 0.1) is 17.5 Å². The number of halogens is 3. The van der Waals surface area contributed by atoms with Crippen molar-refractivity contribution in [3.8, 4) is 5.88 Å². The molecule has 4 aromatic rings. The number of nitrogens with zero attached hydrogens (tertiary/aromatic N) is 7. The van der Waals surface area contributed by atoms with Crippen molar-refractivity contribution >= 4 is 16.7 Å². The fourth-order valence-corrected chi connectivity index (χ4v) is 4.59. The maximum Gasteiger partial charge on any atom is 0.332 e. The second kappa shape index (κ2) is 9.93. The number of ether oxygens (including phenoxy) is 2. The smallest absolute Gasteiger partial charge is 0.332 e. The summed E-state index contributed by atoms with van der Waals surface area (Å²) >= 11 is 0. The lowest BCUT2D eigenvalue weighted by atomic mass is 10.2. The third kappa shape index (κ3) is 4.51. The van der Waals surface area contributed by atoms with Crippen molar-refractivity contribution < 1.29 is 22.6 Å². The molecule has 0 aliphatic carbocycles. The van der Waals surface area contributed by atoms with Gasteiger partial charge in [0.2, 0.25) is 5.88 Å². The van der Waals surface area contributed by atoms with Crippen LogP contribution < -0.4 is 20.9 Å². The molecule has 1 aliphatic heterocycles. The van der Waals surface area contributed by atoms with Crippen LogP contribution in [-0.4, -0.2) is 62.3 Å². The molecule has 0 radical (unpaired) electrons. The van der Waals surface area contributed by atoms with Crippen molar-refractivity contribution in [3.63, 3.8) is 0 Å². The molecule has 0 saturated carbocycles. The van der Waals surface area contributed by atoms with Crippen molar-refractivity contribution in [3.05, 3.63) is 74.2 Å². The topological polar surface area (TPSA) is 109 Å². The molecule has 1 saturated heterocycles. The van der Waals surface area contributed by atoms with E-state index in [-0.39, 0.29) is 47.4 Å². The molecule has 14 heteroatoms. The fourth-order valence-electron chi connectivity index (χ4n) is 4.59. The highest BCUT2D eigenvalue weighted by Crippen LogP contribution is 2.28. The molecule has 11 nitrogen and oxygen atoms in total. The minimum atomic E-state index is -1.62. The first-order valence-corrected chi connectivity index (χ1v) is 11.7. The van der Waals surface area contributed by atoms with Gasteiger partial charge in [0.25, 0.3) is 5.56 Å². The molecule has 1 fully saturated rings. The van der Waals surface area contributed by atoms with Crippen LogP contribution in [0.3, 0.4) is 0 Å². The van der Waals surface area contributed by atoms with E-state index in [0.29, 0.717) is 18.9 Å². The van der Waals surface area contributed by atoms with Gasteiger partial charge in [0, 0.05) is 33.3 Å². The number of aromatic nitrogens is 6. The molecular formula is C24H24F3N7O4. The highest BCUT2D eigenvalue weighted by atomic mass is 19.2. The average Bonchev–Trinajstić information content (AvgIpc) is 3.55. The Balaban J connectivity index is 1.75. The van der Waals surface area contributed by atoms with Gasteiger partial charge < -0.3 is 14.4 Å². The van der Waals surface area contributed by atoms with Crippen LogP contribution in [0.4, 0.5) is 19.0 Å². The number of methoxy groups -OCH3 is 2. The van der Waals surface area contributed by atoms with Gasteiger partial charge in [-0.05, 0) is 24.1 Å². The molecule has 0 amide bonds. The first kappa shape index (κ1) is 25.4. The third-order valence-corrected chi connectivity index (χ3v) is 6.49. The van der Waals surface area contributed by atoms with Crippen molar-refractivity contribution in [2.24, 2.45) is 7.05 Å². The standard InChI is InChI=1S/C24H24F3N7O4/c1-31-12-28-18(30-31)11-34-23(35)20-17(8-19(29-22(20)38-3)32-5-4-14(10-32)37-2)33(24(34)36)9-13-6-15(25)21(27)16(26)7-13/h6-8,12,14H,4-5,9-11H2,1-3H3/t14-/m1/s1. The molecule has 1 atom stereocenters. The van der Waals surface area contributed by atoms with Crippen LogP contribution in [0.15, 0.2) is 34.1 Å². The highest BCUT2D eigenvalue weighted by molar-refractivity contribution is 5.85. The Labute approximate surface area is 213 Å². The van der Waals surface area contributed by atoms with E-state index in [4.69, 9.17) is 9.47 Å². The summed E-state index contributed by atoms with van der Waals surface area (Å²) in [4.78, 5) is 37.8. The Morgan fingerprint density at radius 1 is 1.05 bits per heavy atom. The minimum Gasteiger partial charge on any atom is -0.480 e. The van der Waals surface area contributed by atoms with Crippen LogP contribution in [-0.2, 0) is 24.9 Å². The number of fused-ring (bicyclic) bond motifs is 1. The summed E-state index contributed by atoms with van der Waals surface area (Å²) < 4.78 is 56.0. The monoisotopic (exact) mass is 531 g/mol. The van der Waals surface area contributed by atoms with Gasteiger partial charge in [-0.15, -0.1) is 0 Å². The molecule has 38 heavy (non-hydrogen) atoms. The van der Waals surface area contributed by atoms with Crippen LogP contribution in [0.25, 0.3) is 10.9 Å². The predicted molar refractivity (Wildman–Crippen MR) is 130 cm³/mol. The van der Waals surface area contributed by atoms with E-state index < -0.39 is 28.7 Å².